The minimum atomic E-state index is 0.277. The number of benzene rings is 1. The van der Waals surface area contributed by atoms with Crippen LogP contribution in [0.4, 0.5) is 0 Å². The van der Waals surface area contributed by atoms with E-state index in [1.807, 2.05) is 22.9 Å². The van der Waals surface area contributed by atoms with Crippen LogP contribution in [-0.4, -0.2) is 21.8 Å². The molecule has 0 radical (unpaired) electrons. The molecule has 0 saturated heterocycles. The van der Waals surface area contributed by atoms with Gasteiger partial charge in [-0.15, -0.1) is 5.10 Å². The predicted octanol–water partition coefficient (Wildman–Crippen LogP) is 2.50. The third kappa shape index (κ3) is 2.23. The fourth-order valence-electron chi connectivity index (χ4n) is 3.46. The van der Waals surface area contributed by atoms with Crippen molar-refractivity contribution in [3.05, 3.63) is 29.6 Å². The lowest BCUT2D eigenvalue weighted by Gasteiger charge is -2.23. The zero-order valence-electron chi connectivity index (χ0n) is 12.5. The number of aromatic nitrogens is 3. The Morgan fingerprint density at radius 3 is 2.77 bits per heavy atom. The van der Waals surface area contributed by atoms with Crippen molar-refractivity contribution in [3.8, 4) is 17.2 Å². The summed E-state index contributed by atoms with van der Waals surface area (Å²) in [5.41, 5.74) is 8.91. The van der Waals surface area contributed by atoms with Crippen molar-refractivity contribution < 1.29 is 9.47 Å². The molecule has 4 rings (SSSR count). The smallest absolute Gasteiger partial charge is 0.231 e. The van der Waals surface area contributed by atoms with Crippen molar-refractivity contribution >= 4 is 0 Å². The highest BCUT2D eigenvalue weighted by Crippen LogP contribution is 2.37. The first-order valence-electron chi connectivity index (χ1n) is 7.91. The van der Waals surface area contributed by atoms with E-state index >= 15 is 0 Å². The number of nitrogens with two attached hydrogens (primary N) is 1. The third-order valence-corrected chi connectivity index (χ3v) is 4.56. The molecule has 2 aliphatic rings. The highest BCUT2D eigenvalue weighted by molar-refractivity contribution is 5.50. The summed E-state index contributed by atoms with van der Waals surface area (Å²) in [4.78, 5) is 0. The average molecular weight is 300 g/mol. The molecule has 0 amide bonds. The number of ether oxygens (including phenoxy) is 2. The van der Waals surface area contributed by atoms with Crippen LogP contribution in [-0.2, 0) is 6.54 Å². The summed E-state index contributed by atoms with van der Waals surface area (Å²) in [6.07, 6.45) is 6.22. The van der Waals surface area contributed by atoms with Gasteiger partial charge in [-0.05, 0) is 25.0 Å². The highest BCUT2D eigenvalue weighted by atomic mass is 16.7. The van der Waals surface area contributed by atoms with Crippen LogP contribution in [0.25, 0.3) is 5.69 Å². The average Bonchev–Trinajstić information content (AvgIpc) is 3.21. The third-order valence-electron chi connectivity index (χ3n) is 4.56. The quantitative estimate of drug-likeness (QED) is 0.942. The topological polar surface area (TPSA) is 75.2 Å². The zero-order valence-corrected chi connectivity index (χ0v) is 12.5. The number of hydrogen-bond donors (Lipinski definition) is 1. The van der Waals surface area contributed by atoms with Crippen LogP contribution >= 0.6 is 0 Å². The summed E-state index contributed by atoms with van der Waals surface area (Å²) in [7, 11) is 0. The van der Waals surface area contributed by atoms with E-state index in [-0.39, 0.29) is 6.79 Å². The largest absolute Gasteiger partial charge is 0.454 e. The van der Waals surface area contributed by atoms with Gasteiger partial charge in [0.25, 0.3) is 0 Å². The fraction of sp³-hybridized carbons (Fsp3) is 0.500. The van der Waals surface area contributed by atoms with E-state index in [0.717, 1.165) is 22.9 Å². The summed E-state index contributed by atoms with van der Waals surface area (Å²) in [5.74, 6) is 2.03. The normalized spacial score (nSPS) is 17.9. The van der Waals surface area contributed by atoms with Gasteiger partial charge in [0.15, 0.2) is 11.5 Å². The van der Waals surface area contributed by atoms with Gasteiger partial charge in [-0.3, -0.25) is 0 Å². The Bertz CT molecular complexity index is 677. The lowest BCUT2D eigenvalue weighted by molar-refractivity contribution is 0.174. The van der Waals surface area contributed by atoms with E-state index in [1.165, 1.54) is 37.8 Å². The maximum atomic E-state index is 5.88. The van der Waals surface area contributed by atoms with E-state index in [9.17, 15) is 0 Å². The van der Waals surface area contributed by atoms with Crippen LogP contribution in [0.3, 0.4) is 0 Å². The molecule has 1 aromatic carbocycles. The Morgan fingerprint density at radius 2 is 1.95 bits per heavy atom. The molecular formula is C16H20N4O2. The van der Waals surface area contributed by atoms with Crippen molar-refractivity contribution in [1.82, 2.24) is 15.0 Å². The van der Waals surface area contributed by atoms with E-state index in [0.29, 0.717) is 12.5 Å². The molecule has 1 aromatic heterocycles. The fourth-order valence-corrected chi connectivity index (χ4v) is 3.46. The SMILES string of the molecule is NCc1nnn(-c2ccc3c(c2)OCO3)c1C1CCCCC1. The minimum Gasteiger partial charge on any atom is -0.454 e. The first kappa shape index (κ1) is 13.6. The Labute approximate surface area is 129 Å². The van der Waals surface area contributed by atoms with E-state index in [1.54, 1.807) is 0 Å². The second kappa shape index (κ2) is 5.61. The standard InChI is InChI=1S/C16H20N4O2/c17-9-13-16(11-4-2-1-3-5-11)20(19-18-13)12-6-7-14-15(8-12)22-10-21-14/h6-8,11H,1-5,9-10,17H2. The maximum Gasteiger partial charge on any atom is 0.231 e. The molecule has 2 N–H and O–H groups in total. The lowest BCUT2D eigenvalue weighted by atomic mass is 9.86. The van der Waals surface area contributed by atoms with E-state index in [2.05, 4.69) is 10.3 Å². The van der Waals surface area contributed by atoms with Crippen molar-refractivity contribution in [2.45, 2.75) is 44.6 Å². The summed E-state index contributed by atoms with van der Waals surface area (Å²) >= 11 is 0. The van der Waals surface area contributed by atoms with Crippen LogP contribution in [0.5, 0.6) is 11.5 Å². The van der Waals surface area contributed by atoms with Crippen molar-refractivity contribution in [2.24, 2.45) is 5.73 Å². The van der Waals surface area contributed by atoms with Gasteiger partial charge in [0.05, 0.1) is 11.4 Å². The molecule has 0 atom stereocenters. The maximum absolute atomic E-state index is 5.88. The number of fused-ring (bicyclic) bond motifs is 1. The summed E-state index contributed by atoms with van der Waals surface area (Å²) in [5, 5.41) is 8.64. The van der Waals surface area contributed by atoms with E-state index in [4.69, 9.17) is 15.2 Å². The molecule has 22 heavy (non-hydrogen) atoms. The van der Waals surface area contributed by atoms with Gasteiger partial charge in [-0.25, -0.2) is 4.68 Å². The van der Waals surface area contributed by atoms with E-state index < -0.39 is 0 Å². The van der Waals surface area contributed by atoms with Crippen LogP contribution in [0.15, 0.2) is 18.2 Å². The Balaban J connectivity index is 1.76. The Morgan fingerprint density at radius 1 is 1.14 bits per heavy atom. The molecule has 2 heterocycles. The molecule has 1 fully saturated rings. The molecular weight excluding hydrogens is 280 g/mol. The number of rotatable bonds is 3. The highest BCUT2D eigenvalue weighted by Gasteiger charge is 2.25. The number of hydrogen-bond acceptors (Lipinski definition) is 5. The van der Waals surface area contributed by atoms with Gasteiger partial charge in [-0.1, -0.05) is 24.5 Å². The Kier molecular flexibility index (Phi) is 3.46. The summed E-state index contributed by atoms with van der Waals surface area (Å²) in [6, 6.07) is 5.88. The van der Waals surface area contributed by atoms with Gasteiger partial charge >= 0.3 is 0 Å². The molecule has 1 aliphatic heterocycles. The van der Waals surface area contributed by atoms with Crippen LogP contribution in [0.1, 0.15) is 49.4 Å². The number of nitrogens with zero attached hydrogens (tertiary/aromatic N) is 3. The van der Waals surface area contributed by atoms with Crippen molar-refractivity contribution in [3.63, 3.8) is 0 Å². The molecule has 1 aliphatic carbocycles. The van der Waals surface area contributed by atoms with Gasteiger partial charge in [-0.2, -0.15) is 0 Å². The first-order chi connectivity index (χ1) is 10.9. The molecule has 0 unspecified atom stereocenters. The summed E-state index contributed by atoms with van der Waals surface area (Å²) < 4.78 is 12.8. The second-order valence-electron chi connectivity index (χ2n) is 5.91. The zero-order chi connectivity index (χ0) is 14.9. The molecule has 116 valence electrons. The molecule has 2 aromatic rings. The minimum absolute atomic E-state index is 0.277. The van der Waals surface area contributed by atoms with Gasteiger partial charge in [0.2, 0.25) is 6.79 Å². The molecule has 6 heteroatoms. The van der Waals surface area contributed by atoms with Gasteiger partial charge in [0.1, 0.15) is 5.69 Å². The Hall–Kier alpha value is -2.08. The molecule has 1 saturated carbocycles. The van der Waals surface area contributed by atoms with Crippen LogP contribution in [0, 0.1) is 0 Å². The van der Waals surface area contributed by atoms with Crippen LogP contribution in [0.2, 0.25) is 0 Å². The first-order valence-corrected chi connectivity index (χ1v) is 7.91. The lowest BCUT2D eigenvalue weighted by Crippen LogP contribution is -2.14. The van der Waals surface area contributed by atoms with Gasteiger partial charge < -0.3 is 15.2 Å². The molecule has 0 spiro atoms. The summed E-state index contributed by atoms with van der Waals surface area (Å²) in [6.45, 7) is 0.704. The van der Waals surface area contributed by atoms with Crippen molar-refractivity contribution in [2.75, 3.05) is 6.79 Å². The van der Waals surface area contributed by atoms with Gasteiger partial charge in [0, 0.05) is 18.5 Å². The van der Waals surface area contributed by atoms with Crippen molar-refractivity contribution in [1.29, 1.82) is 0 Å². The second-order valence-corrected chi connectivity index (χ2v) is 5.91. The monoisotopic (exact) mass is 300 g/mol. The molecule has 0 bridgehead atoms. The molecule has 6 nitrogen and oxygen atoms in total. The van der Waals surface area contributed by atoms with Crippen LogP contribution < -0.4 is 15.2 Å². The predicted molar refractivity (Wildman–Crippen MR) is 81.2 cm³/mol.